The van der Waals surface area contributed by atoms with E-state index in [1.807, 2.05) is 51.1 Å². The Morgan fingerprint density at radius 1 is 1.31 bits per heavy atom. The van der Waals surface area contributed by atoms with E-state index in [-0.39, 0.29) is 11.9 Å². The molecule has 1 atom stereocenters. The van der Waals surface area contributed by atoms with E-state index in [1.165, 1.54) is 11.8 Å². The molecule has 0 unspecified atom stereocenters. The first-order valence-corrected chi connectivity index (χ1v) is 9.39. The third-order valence-electron chi connectivity index (χ3n) is 3.95. The van der Waals surface area contributed by atoms with E-state index in [9.17, 15) is 4.79 Å². The van der Waals surface area contributed by atoms with E-state index >= 15 is 0 Å². The van der Waals surface area contributed by atoms with Crippen LogP contribution in [0.2, 0.25) is 0 Å². The van der Waals surface area contributed by atoms with Crippen LogP contribution in [0.4, 0.5) is 0 Å². The van der Waals surface area contributed by atoms with Gasteiger partial charge >= 0.3 is 0 Å². The van der Waals surface area contributed by atoms with Gasteiger partial charge in [-0.1, -0.05) is 30.0 Å². The quantitative estimate of drug-likeness (QED) is 0.645. The largest absolute Gasteiger partial charge is 0.348 e. The second-order valence-corrected chi connectivity index (χ2v) is 7.14. The maximum absolute atomic E-state index is 12.4. The summed E-state index contributed by atoms with van der Waals surface area (Å²) >= 11 is 1.48. The fourth-order valence-corrected chi connectivity index (χ4v) is 3.40. The lowest BCUT2D eigenvalue weighted by Gasteiger charge is -2.13. The molecular weight excluding hydrogens is 348 g/mol. The highest BCUT2D eigenvalue weighted by Crippen LogP contribution is 2.22. The van der Waals surface area contributed by atoms with Crippen molar-refractivity contribution in [1.82, 2.24) is 24.9 Å². The molecule has 136 valence electrons. The van der Waals surface area contributed by atoms with Crippen molar-refractivity contribution in [3.05, 3.63) is 52.8 Å². The van der Waals surface area contributed by atoms with Crippen LogP contribution >= 0.6 is 11.8 Å². The van der Waals surface area contributed by atoms with E-state index < -0.39 is 0 Å². The maximum Gasteiger partial charge on any atom is 0.253 e. The predicted molar refractivity (Wildman–Crippen MR) is 102 cm³/mol. The van der Waals surface area contributed by atoms with E-state index in [0.717, 1.165) is 17.0 Å². The molecule has 3 N–H and O–H groups in total. The van der Waals surface area contributed by atoms with Crippen molar-refractivity contribution in [3.63, 3.8) is 0 Å². The van der Waals surface area contributed by atoms with Gasteiger partial charge in [0.05, 0.1) is 0 Å². The van der Waals surface area contributed by atoms with Crippen molar-refractivity contribution in [2.75, 3.05) is 6.54 Å². The average Bonchev–Trinajstić information content (AvgIpc) is 3.03. The highest BCUT2D eigenvalue weighted by molar-refractivity contribution is 7.98. The number of amides is 1. The number of nitrogens with zero attached hydrogens (tertiary/aromatic N) is 4. The van der Waals surface area contributed by atoms with Gasteiger partial charge in [-0.25, -0.2) is 9.50 Å². The minimum atomic E-state index is -0.116. The van der Waals surface area contributed by atoms with Gasteiger partial charge in [-0.2, -0.15) is 4.98 Å². The minimum absolute atomic E-state index is 0.0689. The Hall–Kier alpha value is -2.45. The molecule has 1 aromatic carbocycles. The van der Waals surface area contributed by atoms with Crippen LogP contribution in [0.1, 0.15) is 34.2 Å². The molecule has 7 nitrogen and oxygen atoms in total. The number of thioether (sulfide) groups is 1. The summed E-state index contributed by atoms with van der Waals surface area (Å²) in [7, 11) is 0. The van der Waals surface area contributed by atoms with Crippen LogP contribution in [0.15, 0.2) is 35.5 Å². The Morgan fingerprint density at radius 3 is 2.85 bits per heavy atom. The van der Waals surface area contributed by atoms with Crippen molar-refractivity contribution in [2.24, 2.45) is 5.73 Å². The molecule has 3 rings (SSSR count). The Kier molecular flexibility index (Phi) is 5.53. The van der Waals surface area contributed by atoms with Gasteiger partial charge in [0, 0.05) is 35.3 Å². The number of nitrogens with one attached hydrogen (secondary N) is 1. The average molecular weight is 370 g/mol. The van der Waals surface area contributed by atoms with Crippen LogP contribution in [0.3, 0.4) is 0 Å². The fourth-order valence-electron chi connectivity index (χ4n) is 2.58. The molecule has 2 heterocycles. The molecule has 0 saturated heterocycles. The van der Waals surface area contributed by atoms with Crippen molar-refractivity contribution in [1.29, 1.82) is 0 Å². The highest BCUT2D eigenvalue weighted by Gasteiger charge is 2.14. The number of fused-ring (bicyclic) bond motifs is 1. The molecule has 0 aliphatic heterocycles. The number of nitrogens with two attached hydrogens (primary N) is 1. The Bertz CT molecular complexity index is 939. The number of hydrogen-bond acceptors (Lipinski definition) is 6. The van der Waals surface area contributed by atoms with Crippen molar-refractivity contribution in [2.45, 2.75) is 37.7 Å². The van der Waals surface area contributed by atoms with Gasteiger partial charge in [-0.05, 0) is 38.5 Å². The van der Waals surface area contributed by atoms with E-state index in [0.29, 0.717) is 28.8 Å². The van der Waals surface area contributed by atoms with Gasteiger partial charge in [0.2, 0.25) is 5.16 Å². The zero-order chi connectivity index (χ0) is 18.7. The van der Waals surface area contributed by atoms with Crippen LogP contribution in [-0.2, 0) is 5.75 Å². The summed E-state index contributed by atoms with van der Waals surface area (Å²) in [6.07, 6.45) is 0. The molecule has 0 bridgehead atoms. The van der Waals surface area contributed by atoms with E-state index in [2.05, 4.69) is 20.4 Å². The number of benzene rings is 1. The number of carbonyl (C=O) groups excluding carboxylic acids is 1. The molecule has 1 amide bonds. The van der Waals surface area contributed by atoms with E-state index in [1.54, 1.807) is 4.52 Å². The molecule has 0 fully saturated rings. The molecular formula is C18H22N6OS. The van der Waals surface area contributed by atoms with E-state index in [4.69, 9.17) is 5.73 Å². The summed E-state index contributed by atoms with van der Waals surface area (Å²) in [5, 5.41) is 8.03. The zero-order valence-electron chi connectivity index (χ0n) is 15.1. The van der Waals surface area contributed by atoms with Crippen molar-refractivity contribution < 1.29 is 4.79 Å². The number of rotatable bonds is 6. The van der Waals surface area contributed by atoms with Crippen LogP contribution < -0.4 is 11.1 Å². The first-order valence-electron chi connectivity index (χ1n) is 8.40. The fraction of sp³-hybridized carbons (Fsp3) is 0.333. The van der Waals surface area contributed by atoms with Gasteiger partial charge in [-0.15, -0.1) is 5.10 Å². The Labute approximate surface area is 156 Å². The molecule has 0 radical (unpaired) electrons. The number of carbonyl (C=O) groups is 1. The normalized spacial score (nSPS) is 12.3. The van der Waals surface area contributed by atoms with Gasteiger partial charge in [-0.3, -0.25) is 4.79 Å². The van der Waals surface area contributed by atoms with Gasteiger partial charge in [0.1, 0.15) is 0 Å². The van der Waals surface area contributed by atoms with Gasteiger partial charge in [0.15, 0.2) is 0 Å². The molecule has 26 heavy (non-hydrogen) atoms. The zero-order valence-corrected chi connectivity index (χ0v) is 15.9. The van der Waals surface area contributed by atoms with Crippen LogP contribution in [0, 0.1) is 13.8 Å². The summed E-state index contributed by atoms with van der Waals surface area (Å²) in [6.45, 7) is 6.20. The van der Waals surface area contributed by atoms with Crippen molar-refractivity contribution >= 4 is 23.4 Å². The summed E-state index contributed by atoms with van der Waals surface area (Å²) in [5.74, 6) is 1.07. The lowest BCUT2D eigenvalue weighted by molar-refractivity contribution is 0.0940. The second-order valence-electron chi connectivity index (χ2n) is 6.20. The number of aromatic nitrogens is 4. The lowest BCUT2D eigenvalue weighted by Crippen LogP contribution is -2.38. The highest BCUT2D eigenvalue weighted by atomic mass is 32.2. The first kappa shape index (κ1) is 18.3. The summed E-state index contributed by atoms with van der Waals surface area (Å²) in [5.41, 5.74) is 9.06. The van der Waals surface area contributed by atoms with Gasteiger partial charge < -0.3 is 11.1 Å². The van der Waals surface area contributed by atoms with Crippen LogP contribution in [0.5, 0.6) is 0 Å². The lowest BCUT2D eigenvalue weighted by atomic mass is 10.1. The molecule has 3 aromatic rings. The summed E-state index contributed by atoms with van der Waals surface area (Å²) in [4.78, 5) is 21.3. The summed E-state index contributed by atoms with van der Waals surface area (Å²) in [6, 6.07) is 9.44. The maximum atomic E-state index is 12.4. The summed E-state index contributed by atoms with van der Waals surface area (Å²) < 4.78 is 1.73. The van der Waals surface area contributed by atoms with Crippen LogP contribution in [0.25, 0.3) is 5.78 Å². The number of aryl methyl sites for hydroxylation is 2. The standard InChI is InChI=1S/C18H22N6OS/c1-11-8-13(3)24-17(21-11)22-18(23-24)26-10-14-6-4-5-7-15(14)16(25)20-12(2)9-19/h4-8,12H,9-10,19H2,1-3H3,(H,20,25)/t12-/m0/s1. The van der Waals surface area contributed by atoms with Gasteiger partial charge in [0.25, 0.3) is 11.7 Å². The third kappa shape index (κ3) is 4.03. The molecule has 0 aliphatic rings. The SMILES string of the molecule is Cc1cc(C)n2nc(SCc3ccccc3C(=O)N[C@@H](C)CN)nc2n1. The molecule has 0 aliphatic carbocycles. The van der Waals surface area contributed by atoms with Crippen LogP contribution in [-0.4, -0.2) is 38.1 Å². The van der Waals surface area contributed by atoms with Crippen molar-refractivity contribution in [3.8, 4) is 0 Å². The minimum Gasteiger partial charge on any atom is -0.348 e. The molecule has 0 spiro atoms. The Balaban J connectivity index is 1.78. The topological polar surface area (TPSA) is 98.2 Å². The first-order chi connectivity index (χ1) is 12.5. The monoisotopic (exact) mass is 370 g/mol. The second kappa shape index (κ2) is 7.84. The smallest absolute Gasteiger partial charge is 0.253 e. The Morgan fingerprint density at radius 2 is 2.08 bits per heavy atom. The molecule has 2 aromatic heterocycles. The molecule has 8 heteroatoms. The number of hydrogen-bond donors (Lipinski definition) is 2. The third-order valence-corrected chi connectivity index (χ3v) is 4.84. The predicted octanol–water partition coefficient (Wildman–Crippen LogP) is 2.11. The molecule has 0 saturated carbocycles.